The monoisotopic (exact) mass is 358 g/mol. The zero-order chi connectivity index (χ0) is 16.8. The van der Waals surface area contributed by atoms with Gasteiger partial charge in [-0.05, 0) is 35.4 Å². The minimum absolute atomic E-state index is 0.564. The number of anilines is 2. The van der Waals surface area contributed by atoms with Crippen LogP contribution in [-0.4, -0.2) is 9.97 Å². The zero-order valence-electron chi connectivity index (χ0n) is 12.8. The second-order valence-electron chi connectivity index (χ2n) is 5.19. The highest BCUT2D eigenvalue weighted by molar-refractivity contribution is 6.31. The summed E-state index contributed by atoms with van der Waals surface area (Å²) < 4.78 is 0. The Morgan fingerprint density at radius 1 is 0.833 bits per heavy atom. The van der Waals surface area contributed by atoms with Crippen LogP contribution < -0.4 is 10.6 Å². The number of nitrogens with one attached hydrogen (secondary N) is 2. The van der Waals surface area contributed by atoms with Gasteiger partial charge in [-0.2, -0.15) is 4.98 Å². The molecule has 24 heavy (non-hydrogen) atoms. The first kappa shape index (κ1) is 16.6. The molecule has 4 nitrogen and oxygen atoms in total. The molecule has 0 aliphatic rings. The van der Waals surface area contributed by atoms with Gasteiger partial charge in [0, 0.05) is 29.3 Å². The molecule has 3 aromatic rings. The normalized spacial score (nSPS) is 10.4. The molecule has 2 aromatic carbocycles. The van der Waals surface area contributed by atoms with Crippen molar-refractivity contribution >= 4 is 35.0 Å². The third-order valence-electron chi connectivity index (χ3n) is 3.44. The van der Waals surface area contributed by atoms with Gasteiger partial charge >= 0.3 is 0 Å². The van der Waals surface area contributed by atoms with Crippen molar-refractivity contribution in [2.45, 2.75) is 13.1 Å². The molecule has 0 aliphatic carbocycles. The van der Waals surface area contributed by atoms with Crippen LogP contribution in [0.2, 0.25) is 10.0 Å². The van der Waals surface area contributed by atoms with E-state index in [1.54, 1.807) is 6.20 Å². The third-order valence-corrected chi connectivity index (χ3v) is 4.06. The molecule has 3 rings (SSSR count). The van der Waals surface area contributed by atoms with Crippen LogP contribution in [0.4, 0.5) is 11.8 Å². The van der Waals surface area contributed by atoms with Crippen LogP contribution in [0.3, 0.4) is 0 Å². The van der Waals surface area contributed by atoms with E-state index in [2.05, 4.69) is 20.6 Å². The van der Waals surface area contributed by atoms with Gasteiger partial charge in [0.1, 0.15) is 5.82 Å². The van der Waals surface area contributed by atoms with E-state index in [4.69, 9.17) is 23.2 Å². The molecule has 0 unspecified atom stereocenters. The van der Waals surface area contributed by atoms with E-state index in [-0.39, 0.29) is 0 Å². The second-order valence-corrected chi connectivity index (χ2v) is 6.03. The predicted octanol–water partition coefficient (Wildman–Crippen LogP) is 5.01. The third kappa shape index (κ3) is 4.60. The molecule has 2 N–H and O–H groups in total. The van der Waals surface area contributed by atoms with Gasteiger partial charge in [0.15, 0.2) is 0 Å². The van der Waals surface area contributed by atoms with Crippen molar-refractivity contribution < 1.29 is 0 Å². The highest BCUT2D eigenvalue weighted by atomic mass is 35.5. The van der Waals surface area contributed by atoms with Crippen LogP contribution in [-0.2, 0) is 13.1 Å². The van der Waals surface area contributed by atoms with E-state index in [1.165, 1.54) is 0 Å². The number of nitrogens with zero attached hydrogens (tertiary/aromatic N) is 2. The molecule has 0 atom stereocenters. The fraction of sp³-hybridized carbons (Fsp3) is 0.111. The van der Waals surface area contributed by atoms with Gasteiger partial charge < -0.3 is 10.6 Å². The lowest BCUT2D eigenvalue weighted by Gasteiger charge is -2.09. The maximum atomic E-state index is 6.16. The lowest BCUT2D eigenvalue weighted by Crippen LogP contribution is -2.07. The number of aromatic nitrogens is 2. The summed E-state index contributed by atoms with van der Waals surface area (Å²) in [6, 6.07) is 17.2. The maximum Gasteiger partial charge on any atom is 0.224 e. The minimum atomic E-state index is 0.564. The van der Waals surface area contributed by atoms with Gasteiger partial charge in [0.25, 0.3) is 0 Å². The highest BCUT2D eigenvalue weighted by Crippen LogP contribution is 2.17. The molecule has 0 fully saturated rings. The van der Waals surface area contributed by atoms with E-state index < -0.39 is 0 Å². The molecule has 0 saturated heterocycles. The Bertz CT molecular complexity index is 806. The SMILES string of the molecule is Clc1ccc(CNc2nccc(NCc3ccccc3Cl)n2)cc1. The van der Waals surface area contributed by atoms with Gasteiger partial charge in [-0.15, -0.1) is 0 Å². The van der Waals surface area contributed by atoms with E-state index in [9.17, 15) is 0 Å². The van der Waals surface area contributed by atoms with E-state index >= 15 is 0 Å². The average Bonchev–Trinajstić information content (AvgIpc) is 2.61. The topological polar surface area (TPSA) is 49.8 Å². The van der Waals surface area contributed by atoms with Gasteiger partial charge in [-0.25, -0.2) is 4.98 Å². The fourth-order valence-electron chi connectivity index (χ4n) is 2.15. The number of hydrogen-bond acceptors (Lipinski definition) is 4. The lowest BCUT2D eigenvalue weighted by molar-refractivity contribution is 1.03. The summed E-state index contributed by atoms with van der Waals surface area (Å²) in [4.78, 5) is 8.68. The van der Waals surface area contributed by atoms with Crippen LogP contribution in [0.25, 0.3) is 0 Å². The highest BCUT2D eigenvalue weighted by Gasteiger charge is 2.02. The Morgan fingerprint density at radius 3 is 2.42 bits per heavy atom. The molecular formula is C18H16Cl2N4. The number of benzene rings is 2. The minimum Gasteiger partial charge on any atom is -0.366 e. The van der Waals surface area contributed by atoms with Crippen molar-refractivity contribution in [1.29, 1.82) is 0 Å². The summed E-state index contributed by atoms with van der Waals surface area (Å²) >= 11 is 12.0. The molecular weight excluding hydrogens is 343 g/mol. The summed E-state index contributed by atoms with van der Waals surface area (Å²) in [6.07, 6.45) is 1.71. The molecule has 0 radical (unpaired) electrons. The molecule has 1 aromatic heterocycles. The molecule has 0 spiro atoms. The van der Waals surface area contributed by atoms with E-state index in [0.29, 0.717) is 19.0 Å². The molecule has 6 heteroatoms. The first-order valence-electron chi connectivity index (χ1n) is 7.49. The average molecular weight is 359 g/mol. The first-order valence-corrected chi connectivity index (χ1v) is 8.25. The summed E-state index contributed by atoms with van der Waals surface area (Å²) in [5.41, 5.74) is 2.13. The van der Waals surface area contributed by atoms with Crippen molar-refractivity contribution in [1.82, 2.24) is 9.97 Å². The summed E-state index contributed by atoms with van der Waals surface area (Å²) in [7, 11) is 0. The van der Waals surface area contributed by atoms with Crippen LogP contribution in [0, 0.1) is 0 Å². The number of rotatable bonds is 6. The van der Waals surface area contributed by atoms with Gasteiger partial charge in [-0.3, -0.25) is 0 Å². The van der Waals surface area contributed by atoms with E-state index in [1.807, 2.05) is 54.6 Å². The van der Waals surface area contributed by atoms with Crippen molar-refractivity contribution in [2.75, 3.05) is 10.6 Å². The maximum absolute atomic E-state index is 6.16. The van der Waals surface area contributed by atoms with Gasteiger partial charge in [-0.1, -0.05) is 53.5 Å². The second kappa shape index (κ2) is 7.99. The Balaban J connectivity index is 1.59. The Labute approximate surface area is 150 Å². The van der Waals surface area contributed by atoms with Crippen molar-refractivity contribution in [2.24, 2.45) is 0 Å². The van der Waals surface area contributed by atoms with Gasteiger partial charge in [0.2, 0.25) is 5.95 Å². The van der Waals surface area contributed by atoms with Crippen LogP contribution in [0.15, 0.2) is 60.8 Å². The quantitative estimate of drug-likeness (QED) is 0.650. The Hall–Kier alpha value is -2.30. The molecule has 0 saturated carbocycles. The molecule has 0 aliphatic heterocycles. The molecule has 0 bridgehead atoms. The van der Waals surface area contributed by atoms with Gasteiger partial charge in [0.05, 0.1) is 0 Å². The van der Waals surface area contributed by atoms with E-state index in [0.717, 1.165) is 27.0 Å². The standard InChI is InChI=1S/C18H16Cl2N4/c19-15-7-5-13(6-8-15)11-23-18-21-10-9-17(24-18)22-12-14-3-1-2-4-16(14)20/h1-10H,11-12H2,(H2,21,22,23,24). The first-order chi connectivity index (χ1) is 11.7. The van der Waals surface area contributed by atoms with Crippen molar-refractivity contribution in [3.63, 3.8) is 0 Å². The summed E-state index contributed by atoms with van der Waals surface area (Å²) in [5.74, 6) is 1.30. The van der Waals surface area contributed by atoms with Crippen LogP contribution >= 0.6 is 23.2 Å². The zero-order valence-corrected chi connectivity index (χ0v) is 14.3. The molecule has 1 heterocycles. The number of hydrogen-bond donors (Lipinski definition) is 2. The Kier molecular flexibility index (Phi) is 5.51. The molecule has 0 amide bonds. The largest absolute Gasteiger partial charge is 0.366 e. The predicted molar refractivity (Wildman–Crippen MR) is 99.6 cm³/mol. The summed E-state index contributed by atoms with van der Waals surface area (Å²) in [6.45, 7) is 1.23. The number of halogens is 2. The molecule has 122 valence electrons. The van der Waals surface area contributed by atoms with Crippen LogP contribution in [0.5, 0.6) is 0 Å². The fourth-order valence-corrected chi connectivity index (χ4v) is 2.48. The lowest BCUT2D eigenvalue weighted by atomic mass is 10.2. The summed E-state index contributed by atoms with van der Waals surface area (Å²) in [5, 5.41) is 7.91. The Morgan fingerprint density at radius 2 is 1.62 bits per heavy atom. The smallest absolute Gasteiger partial charge is 0.224 e. The van der Waals surface area contributed by atoms with Crippen molar-refractivity contribution in [3.8, 4) is 0 Å². The van der Waals surface area contributed by atoms with Crippen LogP contribution in [0.1, 0.15) is 11.1 Å². The van der Waals surface area contributed by atoms with Crippen molar-refractivity contribution in [3.05, 3.63) is 82.0 Å².